The number of likely N-dealkylation sites (N-methyl/N-ethyl adjacent to an activating group) is 1. The van der Waals surface area contributed by atoms with E-state index >= 15 is 0 Å². The maximum absolute atomic E-state index is 11.7. The first-order chi connectivity index (χ1) is 7.72. The molecule has 1 aliphatic heterocycles. The quantitative estimate of drug-likeness (QED) is 0.776. The van der Waals surface area contributed by atoms with Gasteiger partial charge in [0.25, 0.3) is 5.91 Å². The fraction of sp³-hybridized carbons (Fsp3) is 0.462. The van der Waals surface area contributed by atoms with Gasteiger partial charge in [-0.2, -0.15) is 0 Å². The number of para-hydroxylation sites is 1. The molecule has 1 aromatic rings. The van der Waals surface area contributed by atoms with Crippen LogP contribution in [0.25, 0.3) is 0 Å². The largest absolute Gasteiger partial charge is 0.480 e. The lowest BCUT2D eigenvalue weighted by molar-refractivity contribution is -0.132. The third kappa shape index (κ3) is 2.03. The summed E-state index contributed by atoms with van der Waals surface area (Å²) >= 11 is 0. The van der Waals surface area contributed by atoms with Crippen LogP contribution in [0.3, 0.4) is 0 Å². The summed E-state index contributed by atoms with van der Waals surface area (Å²) in [6.45, 7) is 2.88. The van der Waals surface area contributed by atoms with E-state index in [1.54, 1.807) is 4.90 Å². The summed E-state index contributed by atoms with van der Waals surface area (Å²) < 4.78 is 5.79. The molecule has 3 heteroatoms. The Morgan fingerprint density at radius 3 is 2.81 bits per heavy atom. The van der Waals surface area contributed by atoms with Gasteiger partial charge in [0.2, 0.25) is 0 Å². The average Bonchev–Trinajstić information content (AvgIpc) is 2.62. The molecule has 0 aromatic heterocycles. The zero-order valence-corrected chi connectivity index (χ0v) is 9.77. The summed E-state index contributed by atoms with van der Waals surface area (Å²) in [5, 5.41) is 0. The molecule has 0 aliphatic carbocycles. The van der Waals surface area contributed by atoms with Gasteiger partial charge in [-0.15, -0.1) is 0 Å². The number of carbonyl (C=O) groups is 1. The van der Waals surface area contributed by atoms with Crippen LogP contribution < -0.4 is 4.74 Å². The van der Waals surface area contributed by atoms with Gasteiger partial charge in [-0.3, -0.25) is 4.79 Å². The van der Waals surface area contributed by atoms with Crippen LogP contribution in [0.1, 0.15) is 18.9 Å². The van der Waals surface area contributed by atoms with E-state index in [2.05, 4.69) is 6.92 Å². The lowest BCUT2D eigenvalue weighted by Gasteiger charge is -2.15. The highest BCUT2D eigenvalue weighted by Gasteiger charge is 2.31. The molecule has 0 radical (unpaired) electrons. The van der Waals surface area contributed by atoms with E-state index in [0.29, 0.717) is 0 Å². The molecule has 1 unspecified atom stereocenters. The van der Waals surface area contributed by atoms with Crippen molar-refractivity contribution in [3.63, 3.8) is 0 Å². The molecule has 1 atom stereocenters. The Balaban J connectivity index is 2.12. The van der Waals surface area contributed by atoms with Crippen LogP contribution in [0.5, 0.6) is 5.75 Å². The number of amides is 1. The molecule has 0 saturated carbocycles. The third-order valence-electron chi connectivity index (χ3n) is 3.00. The second-order valence-corrected chi connectivity index (χ2v) is 4.12. The molecular weight excluding hydrogens is 202 g/mol. The van der Waals surface area contributed by atoms with Crippen molar-refractivity contribution in [3.8, 4) is 5.75 Å². The van der Waals surface area contributed by atoms with Crippen LogP contribution in [-0.2, 0) is 11.2 Å². The van der Waals surface area contributed by atoms with Crippen LogP contribution in [0.4, 0.5) is 0 Å². The van der Waals surface area contributed by atoms with Gasteiger partial charge in [0, 0.05) is 20.0 Å². The van der Waals surface area contributed by atoms with E-state index in [0.717, 1.165) is 30.7 Å². The lowest BCUT2D eigenvalue weighted by atomic mass is 10.1. The first-order valence-electron chi connectivity index (χ1n) is 5.72. The topological polar surface area (TPSA) is 29.5 Å². The monoisotopic (exact) mass is 219 g/mol. The van der Waals surface area contributed by atoms with E-state index in [4.69, 9.17) is 4.74 Å². The fourth-order valence-electron chi connectivity index (χ4n) is 1.96. The Morgan fingerprint density at radius 1 is 1.44 bits per heavy atom. The summed E-state index contributed by atoms with van der Waals surface area (Å²) in [6.07, 6.45) is 1.41. The molecule has 2 rings (SSSR count). The van der Waals surface area contributed by atoms with E-state index in [-0.39, 0.29) is 12.0 Å². The normalized spacial score (nSPS) is 20.2. The van der Waals surface area contributed by atoms with Crippen LogP contribution in [0.2, 0.25) is 0 Å². The highest BCUT2D eigenvalue weighted by atomic mass is 16.5. The predicted octanol–water partition coefficient (Wildman–Crippen LogP) is 1.86. The molecule has 1 amide bonds. The van der Waals surface area contributed by atoms with E-state index in [9.17, 15) is 4.79 Å². The van der Waals surface area contributed by atoms with E-state index in [1.807, 2.05) is 31.3 Å². The number of hydrogen-bond donors (Lipinski definition) is 0. The molecule has 86 valence electrons. The number of benzene rings is 1. The Kier molecular flexibility index (Phi) is 3.13. The minimum Gasteiger partial charge on any atom is -0.480 e. The minimum atomic E-state index is -0.294. The minimum absolute atomic E-state index is 0.0888. The maximum Gasteiger partial charge on any atom is 0.263 e. The second kappa shape index (κ2) is 4.56. The zero-order chi connectivity index (χ0) is 11.5. The number of nitrogens with zero attached hydrogens (tertiary/aromatic N) is 1. The van der Waals surface area contributed by atoms with Gasteiger partial charge in [-0.05, 0) is 18.1 Å². The smallest absolute Gasteiger partial charge is 0.263 e. The van der Waals surface area contributed by atoms with Crippen molar-refractivity contribution in [1.29, 1.82) is 0 Å². The number of aryl methyl sites for hydroxylation is 1. The first kappa shape index (κ1) is 11.0. The van der Waals surface area contributed by atoms with Gasteiger partial charge >= 0.3 is 0 Å². The molecule has 0 spiro atoms. The fourth-order valence-corrected chi connectivity index (χ4v) is 1.96. The summed E-state index contributed by atoms with van der Waals surface area (Å²) in [7, 11) is 1.82. The van der Waals surface area contributed by atoms with Crippen molar-refractivity contribution in [2.24, 2.45) is 0 Å². The number of hydrogen-bond acceptors (Lipinski definition) is 2. The average molecular weight is 219 g/mol. The van der Waals surface area contributed by atoms with Crippen molar-refractivity contribution in [2.75, 3.05) is 13.6 Å². The van der Waals surface area contributed by atoms with Gasteiger partial charge in [0.15, 0.2) is 6.10 Å². The first-order valence-corrected chi connectivity index (χ1v) is 5.72. The molecule has 1 aliphatic rings. The second-order valence-electron chi connectivity index (χ2n) is 4.12. The van der Waals surface area contributed by atoms with Crippen molar-refractivity contribution in [3.05, 3.63) is 29.8 Å². The van der Waals surface area contributed by atoms with Crippen LogP contribution in [0, 0.1) is 0 Å². The highest BCUT2D eigenvalue weighted by Crippen LogP contribution is 2.23. The summed E-state index contributed by atoms with van der Waals surface area (Å²) in [5.74, 6) is 0.935. The highest BCUT2D eigenvalue weighted by molar-refractivity contribution is 5.83. The van der Waals surface area contributed by atoms with Crippen molar-refractivity contribution < 1.29 is 9.53 Å². The van der Waals surface area contributed by atoms with Gasteiger partial charge in [0.05, 0.1) is 0 Å². The van der Waals surface area contributed by atoms with Crippen LogP contribution in [-0.4, -0.2) is 30.5 Å². The summed E-state index contributed by atoms with van der Waals surface area (Å²) in [6, 6.07) is 7.91. The van der Waals surface area contributed by atoms with Crippen molar-refractivity contribution in [2.45, 2.75) is 25.9 Å². The number of ether oxygens (including phenoxy) is 1. The molecule has 0 N–H and O–H groups in total. The maximum atomic E-state index is 11.7. The van der Waals surface area contributed by atoms with Crippen molar-refractivity contribution in [1.82, 2.24) is 4.90 Å². The standard InChI is InChI=1S/C13H17NO2/c1-3-10-6-4-5-7-11(10)16-12-8-9-14(2)13(12)15/h4-7,12H,3,8-9H2,1-2H3. The molecular formula is C13H17NO2. The Morgan fingerprint density at radius 2 is 2.19 bits per heavy atom. The Hall–Kier alpha value is -1.51. The number of likely N-dealkylation sites (tertiary alicyclic amines) is 1. The number of carbonyl (C=O) groups excluding carboxylic acids is 1. The molecule has 1 heterocycles. The third-order valence-corrected chi connectivity index (χ3v) is 3.00. The van der Waals surface area contributed by atoms with Crippen LogP contribution >= 0.6 is 0 Å². The molecule has 1 fully saturated rings. The molecule has 16 heavy (non-hydrogen) atoms. The SMILES string of the molecule is CCc1ccccc1OC1CCN(C)C1=O. The summed E-state index contributed by atoms with van der Waals surface area (Å²) in [5.41, 5.74) is 1.16. The number of rotatable bonds is 3. The Bertz CT molecular complexity index is 389. The van der Waals surface area contributed by atoms with Gasteiger partial charge < -0.3 is 9.64 Å². The molecule has 1 aromatic carbocycles. The summed E-state index contributed by atoms with van der Waals surface area (Å²) in [4.78, 5) is 13.4. The molecule has 1 saturated heterocycles. The molecule has 3 nitrogen and oxygen atoms in total. The van der Waals surface area contributed by atoms with Crippen LogP contribution in [0.15, 0.2) is 24.3 Å². The predicted molar refractivity (Wildman–Crippen MR) is 62.5 cm³/mol. The zero-order valence-electron chi connectivity index (χ0n) is 9.77. The molecule has 0 bridgehead atoms. The van der Waals surface area contributed by atoms with Gasteiger partial charge in [-0.25, -0.2) is 0 Å². The Labute approximate surface area is 96.0 Å². The van der Waals surface area contributed by atoms with Gasteiger partial charge in [-0.1, -0.05) is 25.1 Å². The lowest BCUT2D eigenvalue weighted by Crippen LogP contribution is -2.29. The van der Waals surface area contributed by atoms with Gasteiger partial charge in [0.1, 0.15) is 5.75 Å². The van der Waals surface area contributed by atoms with Crippen molar-refractivity contribution >= 4 is 5.91 Å². The van der Waals surface area contributed by atoms with E-state index < -0.39 is 0 Å². The van der Waals surface area contributed by atoms with E-state index in [1.165, 1.54) is 0 Å².